The lowest BCUT2D eigenvalue weighted by atomic mass is 9.76. The number of hydrogen-bond donors (Lipinski definition) is 1. The van der Waals surface area contributed by atoms with Gasteiger partial charge >= 0.3 is 0 Å². The third-order valence-electron chi connectivity index (χ3n) is 4.67. The average molecular weight is 265 g/mol. The van der Waals surface area contributed by atoms with Crippen LogP contribution in [0, 0.1) is 25.7 Å². The quantitative estimate of drug-likeness (QED) is 0.821. The van der Waals surface area contributed by atoms with E-state index in [1.807, 2.05) is 11.3 Å². The van der Waals surface area contributed by atoms with Crippen LogP contribution in [0.4, 0.5) is 0 Å². The first-order chi connectivity index (χ1) is 8.65. The van der Waals surface area contributed by atoms with Crippen molar-refractivity contribution in [2.45, 2.75) is 58.9 Å². The Bertz CT molecular complexity index is 363. The van der Waals surface area contributed by atoms with Crippen LogP contribution >= 0.6 is 11.3 Å². The van der Waals surface area contributed by atoms with Crippen molar-refractivity contribution >= 4 is 11.3 Å². The van der Waals surface area contributed by atoms with Gasteiger partial charge in [-0.2, -0.15) is 0 Å². The fourth-order valence-electron chi connectivity index (χ4n) is 3.37. The van der Waals surface area contributed by atoms with E-state index in [1.165, 1.54) is 42.5 Å². The largest absolute Gasteiger partial charge is 0.312 e. The van der Waals surface area contributed by atoms with Crippen molar-refractivity contribution in [3.8, 4) is 0 Å². The van der Waals surface area contributed by atoms with Gasteiger partial charge in [-0.3, -0.25) is 0 Å². The first kappa shape index (κ1) is 14.1. The Labute approximate surface area is 116 Å². The Balaban J connectivity index is 2.12. The highest BCUT2D eigenvalue weighted by Gasteiger charge is 2.28. The normalized spacial score (nSPS) is 26.2. The highest BCUT2D eigenvalue weighted by molar-refractivity contribution is 7.12. The number of rotatable bonds is 4. The molecule has 1 aromatic rings. The second-order valence-electron chi connectivity index (χ2n) is 5.86. The lowest BCUT2D eigenvalue weighted by Crippen LogP contribution is -2.28. The molecule has 0 radical (unpaired) electrons. The number of thiophene rings is 1. The van der Waals surface area contributed by atoms with Crippen molar-refractivity contribution in [3.05, 3.63) is 21.4 Å². The summed E-state index contributed by atoms with van der Waals surface area (Å²) in [5.74, 6) is 1.80. The third kappa shape index (κ3) is 2.97. The maximum absolute atomic E-state index is 3.58. The van der Waals surface area contributed by atoms with Crippen LogP contribution in [0.2, 0.25) is 0 Å². The lowest BCUT2D eigenvalue weighted by Gasteiger charge is -2.33. The molecule has 0 bridgehead atoms. The predicted octanol–water partition coefficient (Wildman–Crippen LogP) is 4.84. The second-order valence-corrected chi connectivity index (χ2v) is 7.14. The van der Waals surface area contributed by atoms with Crippen molar-refractivity contribution in [1.29, 1.82) is 0 Å². The first-order valence-electron chi connectivity index (χ1n) is 7.39. The van der Waals surface area contributed by atoms with E-state index in [0.29, 0.717) is 6.04 Å². The third-order valence-corrected chi connectivity index (χ3v) is 5.91. The highest BCUT2D eigenvalue weighted by atomic mass is 32.1. The van der Waals surface area contributed by atoms with Gasteiger partial charge in [-0.05, 0) is 57.2 Å². The molecule has 18 heavy (non-hydrogen) atoms. The zero-order valence-electron chi connectivity index (χ0n) is 12.3. The van der Waals surface area contributed by atoms with E-state index >= 15 is 0 Å². The molecule has 0 aliphatic heterocycles. The van der Waals surface area contributed by atoms with Crippen molar-refractivity contribution in [3.63, 3.8) is 0 Å². The fraction of sp³-hybridized carbons (Fsp3) is 0.750. The average Bonchev–Trinajstić information content (AvgIpc) is 2.70. The highest BCUT2D eigenvalue weighted by Crippen LogP contribution is 2.40. The smallest absolute Gasteiger partial charge is 0.0441 e. The topological polar surface area (TPSA) is 12.0 Å². The molecule has 102 valence electrons. The molecule has 1 aliphatic rings. The van der Waals surface area contributed by atoms with Gasteiger partial charge < -0.3 is 5.32 Å². The minimum Gasteiger partial charge on any atom is -0.312 e. The molecule has 2 rings (SSSR count). The van der Waals surface area contributed by atoms with Crippen LogP contribution in [0.25, 0.3) is 0 Å². The summed E-state index contributed by atoms with van der Waals surface area (Å²) in [5.41, 5.74) is 1.46. The molecule has 0 amide bonds. The lowest BCUT2D eigenvalue weighted by molar-refractivity contribution is 0.216. The molecule has 1 fully saturated rings. The van der Waals surface area contributed by atoms with E-state index in [-0.39, 0.29) is 0 Å². The molecule has 1 heterocycles. The van der Waals surface area contributed by atoms with Crippen LogP contribution in [0.5, 0.6) is 0 Å². The first-order valence-corrected chi connectivity index (χ1v) is 8.21. The van der Waals surface area contributed by atoms with Crippen LogP contribution in [0.15, 0.2) is 6.07 Å². The maximum atomic E-state index is 3.58. The molecule has 3 atom stereocenters. The summed E-state index contributed by atoms with van der Waals surface area (Å²) in [6.07, 6.45) is 7.04. The van der Waals surface area contributed by atoms with Gasteiger partial charge in [-0.15, -0.1) is 11.3 Å². The van der Waals surface area contributed by atoms with Gasteiger partial charge in [0.2, 0.25) is 0 Å². The van der Waals surface area contributed by atoms with Gasteiger partial charge in [0.25, 0.3) is 0 Å². The van der Waals surface area contributed by atoms with Crippen LogP contribution < -0.4 is 5.32 Å². The minimum absolute atomic E-state index is 0.580. The minimum atomic E-state index is 0.580. The van der Waals surface area contributed by atoms with Gasteiger partial charge in [-0.1, -0.05) is 26.2 Å². The molecular formula is C16H27NS. The molecule has 1 saturated carbocycles. The van der Waals surface area contributed by atoms with E-state index in [1.54, 1.807) is 4.88 Å². The molecular weight excluding hydrogens is 238 g/mol. The van der Waals surface area contributed by atoms with Crippen LogP contribution in [-0.4, -0.2) is 7.05 Å². The van der Waals surface area contributed by atoms with Crippen LogP contribution in [0.3, 0.4) is 0 Å². The van der Waals surface area contributed by atoms with E-state index < -0.39 is 0 Å². The van der Waals surface area contributed by atoms with Crippen LogP contribution in [0.1, 0.15) is 60.4 Å². The summed E-state index contributed by atoms with van der Waals surface area (Å²) in [6.45, 7) is 6.82. The number of nitrogens with one attached hydrogen (secondary N) is 1. The Morgan fingerprint density at radius 3 is 2.72 bits per heavy atom. The second kappa shape index (κ2) is 6.21. The summed E-state index contributed by atoms with van der Waals surface area (Å²) in [6, 6.07) is 2.98. The monoisotopic (exact) mass is 265 g/mol. The SMILES string of the molecule is CCC1CCCC(C(NC)c2cc(C)c(C)s2)C1. The predicted molar refractivity (Wildman–Crippen MR) is 81.3 cm³/mol. The Morgan fingerprint density at radius 2 is 2.17 bits per heavy atom. The summed E-state index contributed by atoms with van der Waals surface area (Å²) in [5, 5.41) is 3.58. The van der Waals surface area contributed by atoms with Gasteiger partial charge in [-0.25, -0.2) is 0 Å². The Morgan fingerprint density at radius 1 is 1.39 bits per heavy atom. The van der Waals surface area contributed by atoms with Crippen molar-refractivity contribution < 1.29 is 0 Å². The van der Waals surface area contributed by atoms with Crippen molar-refractivity contribution in [2.24, 2.45) is 11.8 Å². The maximum Gasteiger partial charge on any atom is 0.0441 e. The number of hydrogen-bond acceptors (Lipinski definition) is 2. The summed E-state index contributed by atoms with van der Waals surface area (Å²) in [4.78, 5) is 3.03. The van der Waals surface area contributed by atoms with E-state index in [0.717, 1.165) is 11.8 Å². The Hall–Kier alpha value is -0.340. The van der Waals surface area contributed by atoms with Crippen molar-refractivity contribution in [1.82, 2.24) is 5.32 Å². The molecule has 0 aromatic carbocycles. The van der Waals surface area contributed by atoms with Gasteiger partial charge in [0.15, 0.2) is 0 Å². The fourth-order valence-corrected chi connectivity index (χ4v) is 4.62. The zero-order valence-corrected chi connectivity index (χ0v) is 13.1. The van der Waals surface area contributed by atoms with E-state index in [9.17, 15) is 0 Å². The van der Waals surface area contributed by atoms with E-state index in [2.05, 4.69) is 39.2 Å². The molecule has 1 aromatic heterocycles. The van der Waals surface area contributed by atoms with Gasteiger partial charge in [0.05, 0.1) is 0 Å². The molecule has 1 nitrogen and oxygen atoms in total. The zero-order chi connectivity index (χ0) is 13.1. The summed E-state index contributed by atoms with van der Waals surface area (Å²) >= 11 is 1.99. The summed E-state index contributed by atoms with van der Waals surface area (Å²) < 4.78 is 0. The molecule has 3 unspecified atom stereocenters. The van der Waals surface area contributed by atoms with E-state index in [4.69, 9.17) is 0 Å². The molecule has 1 aliphatic carbocycles. The Kier molecular flexibility index (Phi) is 4.85. The standard InChI is InChI=1S/C16H27NS/c1-5-13-7-6-8-14(10-13)16(17-4)15-9-11(2)12(3)18-15/h9,13-14,16-17H,5-8,10H2,1-4H3. The molecule has 0 spiro atoms. The van der Waals surface area contributed by atoms with Gasteiger partial charge in [0, 0.05) is 15.8 Å². The summed E-state index contributed by atoms with van der Waals surface area (Å²) in [7, 11) is 2.13. The molecule has 1 N–H and O–H groups in total. The van der Waals surface area contributed by atoms with Crippen LogP contribution in [-0.2, 0) is 0 Å². The van der Waals surface area contributed by atoms with Gasteiger partial charge in [0.1, 0.15) is 0 Å². The number of aryl methyl sites for hydroxylation is 2. The molecule has 0 saturated heterocycles. The molecule has 2 heteroatoms. The van der Waals surface area contributed by atoms with Crippen molar-refractivity contribution in [2.75, 3.05) is 7.05 Å².